The van der Waals surface area contributed by atoms with Crippen LogP contribution in [0.5, 0.6) is 5.75 Å². The van der Waals surface area contributed by atoms with Gasteiger partial charge in [0.25, 0.3) is 0 Å². The van der Waals surface area contributed by atoms with Crippen molar-refractivity contribution in [1.82, 2.24) is 0 Å². The Bertz CT molecular complexity index is 314. The topological polar surface area (TPSA) is 83.5 Å². The highest BCUT2D eigenvalue weighted by atomic mass is 79.9. The van der Waals surface area contributed by atoms with E-state index >= 15 is 0 Å². The van der Waals surface area contributed by atoms with E-state index in [1.807, 2.05) is 5.83 Å². The van der Waals surface area contributed by atoms with Gasteiger partial charge in [-0.1, -0.05) is 28.1 Å². The summed E-state index contributed by atoms with van der Waals surface area (Å²) in [5.41, 5.74) is 6.32. The summed E-state index contributed by atoms with van der Waals surface area (Å²) in [6, 6.07) is 5.83. The highest BCUT2D eigenvalue weighted by molar-refractivity contribution is 9.08. The second-order valence-corrected chi connectivity index (χ2v) is 3.15. The molecule has 1 aromatic carbocycles. The number of hydrogen-bond acceptors (Lipinski definition) is 3. The molecular weight excluding hydrogens is 274 g/mol. The third-order valence-electron chi connectivity index (χ3n) is 2.00. The van der Waals surface area contributed by atoms with E-state index in [2.05, 4.69) is 15.9 Å². The van der Waals surface area contributed by atoms with Gasteiger partial charge in [-0.3, -0.25) is 4.79 Å². The largest absolute Gasteiger partial charge is 0.508 e. The summed E-state index contributed by atoms with van der Waals surface area (Å²) in [4.78, 5) is 10.4. The summed E-state index contributed by atoms with van der Waals surface area (Å²) in [5, 5.41) is 17.5. The summed E-state index contributed by atoms with van der Waals surface area (Å²) in [7, 11) is 0. The minimum absolute atomic E-state index is 0.205. The van der Waals surface area contributed by atoms with Gasteiger partial charge in [-0.25, -0.2) is 0 Å². The smallest absolute Gasteiger partial charge is 0.320 e. The number of benzene rings is 1. The Morgan fingerprint density at radius 1 is 1.38 bits per heavy atom. The van der Waals surface area contributed by atoms with Crippen LogP contribution in [0.4, 0.5) is 0 Å². The highest BCUT2D eigenvalue weighted by Gasteiger charge is 2.10. The number of carboxylic acid groups (broad SMARTS) is 1. The minimum atomic E-state index is -0.983. The lowest BCUT2D eigenvalue weighted by atomic mass is 10.1. The average molecular weight is 290 g/mol. The molecule has 5 heteroatoms. The number of aromatic hydroxyl groups is 1. The zero-order valence-corrected chi connectivity index (χ0v) is 10.6. The zero-order valence-electron chi connectivity index (χ0n) is 9.06. The van der Waals surface area contributed by atoms with Crippen LogP contribution in [0.3, 0.4) is 0 Å². The number of carboxylic acids is 1. The van der Waals surface area contributed by atoms with Crippen molar-refractivity contribution in [3.05, 3.63) is 29.8 Å². The number of hydrogen-bond donors (Lipinski definition) is 3. The van der Waals surface area contributed by atoms with E-state index in [9.17, 15) is 4.79 Å². The van der Waals surface area contributed by atoms with Crippen LogP contribution in [0.2, 0.25) is 0 Å². The molecule has 4 N–H and O–H groups in total. The van der Waals surface area contributed by atoms with Gasteiger partial charge in [-0.05, 0) is 36.4 Å². The molecule has 0 aliphatic carbocycles. The van der Waals surface area contributed by atoms with Crippen LogP contribution < -0.4 is 5.73 Å². The summed E-state index contributed by atoms with van der Waals surface area (Å²) < 4.78 is 0. The van der Waals surface area contributed by atoms with E-state index in [0.29, 0.717) is 12.8 Å². The molecule has 0 aliphatic rings. The maximum atomic E-state index is 10.4. The molecule has 0 unspecified atom stereocenters. The molecule has 0 saturated heterocycles. The monoisotopic (exact) mass is 289 g/mol. The molecule has 0 radical (unpaired) electrons. The Labute approximate surface area is 103 Å². The number of phenols is 1. The molecule has 16 heavy (non-hydrogen) atoms. The fraction of sp³-hybridized carbons (Fsp3) is 0.364. The molecule has 0 aromatic heterocycles. The molecule has 0 spiro atoms. The van der Waals surface area contributed by atoms with Gasteiger partial charge in [0.15, 0.2) is 0 Å². The molecule has 0 fully saturated rings. The third-order valence-corrected chi connectivity index (χ3v) is 2.00. The van der Waals surface area contributed by atoms with E-state index in [1.165, 1.54) is 0 Å². The van der Waals surface area contributed by atoms with Crippen LogP contribution in [0.15, 0.2) is 24.3 Å². The Kier molecular flexibility index (Phi) is 7.58. The van der Waals surface area contributed by atoms with Gasteiger partial charge in [0, 0.05) is 0 Å². The molecular formula is C11H16BrNO3. The van der Waals surface area contributed by atoms with Crippen LogP contribution in [0.1, 0.15) is 12.0 Å². The summed E-state index contributed by atoms with van der Waals surface area (Å²) in [6.45, 7) is 0. The van der Waals surface area contributed by atoms with Crippen molar-refractivity contribution >= 4 is 21.9 Å². The first-order valence-corrected chi connectivity index (χ1v) is 6.32. The van der Waals surface area contributed by atoms with Gasteiger partial charge in [0.1, 0.15) is 11.8 Å². The quantitative estimate of drug-likeness (QED) is 0.738. The number of phenolic OH excluding ortho intramolecular Hbond substituents is 1. The van der Waals surface area contributed by atoms with E-state index in [4.69, 9.17) is 15.9 Å². The summed E-state index contributed by atoms with van der Waals surface area (Å²) in [5.74, 6) is 1.03. The number of halogens is 1. The van der Waals surface area contributed by atoms with Gasteiger partial charge in [-0.15, -0.1) is 0 Å². The SMILES string of the molecule is CBr.N[C@@H](CCc1ccc(O)cc1)C(=O)O. The lowest BCUT2D eigenvalue weighted by Gasteiger charge is -2.05. The van der Waals surface area contributed by atoms with Gasteiger partial charge in [0.2, 0.25) is 0 Å². The van der Waals surface area contributed by atoms with Crippen LogP contribution in [0, 0.1) is 0 Å². The Morgan fingerprint density at radius 2 is 1.88 bits per heavy atom. The fourth-order valence-corrected chi connectivity index (χ4v) is 1.11. The van der Waals surface area contributed by atoms with Gasteiger partial charge in [-0.2, -0.15) is 0 Å². The second kappa shape index (κ2) is 8.13. The molecule has 0 aliphatic heterocycles. The van der Waals surface area contributed by atoms with E-state index < -0.39 is 12.0 Å². The third kappa shape index (κ3) is 5.72. The predicted octanol–water partition coefficient (Wildman–Crippen LogP) is 1.75. The predicted molar refractivity (Wildman–Crippen MR) is 66.9 cm³/mol. The number of alkyl halides is 1. The van der Waals surface area contributed by atoms with Crippen LogP contribution >= 0.6 is 15.9 Å². The molecule has 0 bridgehead atoms. The second-order valence-electron chi connectivity index (χ2n) is 3.15. The minimum Gasteiger partial charge on any atom is -0.508 e. The fourth-order valence-electron chi connectivity index (χ4n) is 1.11. The highest BCUT2D eigenvalue weighted by Crippen LogP contribution is 2.11. The first-order chi connectivity index (χ1) is 7.59. The molecule has 4 nitrogen and oxygen atoms in total. The normalized spacial score (nSPS) is 11.2. The summed E-state index contributed by atoms with van der Waals surface area (Å²) in [6.07, 6.45) is 1.01. The zero-order chi connectivity index (χ0) is 12.6. The van der Waals surface area contributed by atoms with Gasteiger partial charge < -0.3 is 15.9 Å². The van der Waals surface area contributed by atoms with Gasteiger partial charge >= 0.3 is 5.97 Å². The lowest BCUT2D eigenvalue weighted by Crippen LogP contribution is -2.30. The van der Waals surface area contributed by atoms with Crippen molar-refractivity contribution in [2.75, 3.05) is 5.83 Å². The lowest BCUT2D eigenvalue weighted by molar-refractivity contribution is -0.138. The Balaban J connectivity index is 0.00000106. The maximum Gasteiger partial charge on any atom is 0.320 e. The van der Waals surface area contributed by atoms with Crippen LogP contribution in [0.25, 0.3) is 0 Å². The molecule has 1 atom stereocenters. The van der Waals surface area contributed by atoms with Gasteiger partial charge in [0.05, 0.1) is 0 Å². The average Bonchev–Trinajstić information content (AvgIpc) is 2.30. The number of rotatable bonds is 4. The van der Waals surface area contributed by atoms with Crippen molar-refractivity contribution in [3.8, 4) is 5.75 Å². The van der Waals surface area contributed by atoms with Crippen molar-refractivity contribution < 1.29 is 15.0 Å². The number of aryl methyl sites for hydroxylation is 1. The van der Waals surface area contributed by atoms with Crippen molar-refractivity contribution in [3.63, 3.8) is 0 Å². The Hall–Kier alpha value is -1.07. The molecule has 0 heterocycles. The van der Waals surface area contributed by atoms with Crippen molar-refractivity contribution in [2.45, 2.75) is 18.9 Å². The maximum absolute atomic E-state index is 10.4. The first-order valence-electron chi connectivity index (χ1n) is 4.73. The van der Waals surface area contributed by atoms with E-state index in [0.717, 1.165) is 5.56 Å². The Morgan fingerprint density at radius 3 is 2.31 bits per heavy atom. The molecule has 1 aromatic rings. The molecule has 0 saturated carbocycles. The first kappa shape index (κ1) is 14.9. The summed E-state index contributed by atoms with van der Waals surface area (Å²) >= 11 is 2.94. The number of nitrogens with two attached hydrogens (primary N) is 1. The van der Waals surface area contributed by atoms with E-state index in [1.54, 1.807) is 24.3 Å². The van der Waals surface area contributed by atoms with Crippen LogP contribution in [-0.2, 0) is 11.2 Å². The standard InChI is InChI=1S/C10H13NO3.CH3Br/c11-9(10(13)14)6-3-7-1-4-8(12)5-2-7;1-2/h1-2,4-5,9,12H,3,6,11H2,(H,13,14);1H3/t9-;/m0./s1. The van der Waals surface area contributed by atoms with Crippen molar-refractivity contribution in [2.24, 2.45) is 5.73 Å². The van der Waals surface area contributed by atoms with E-state index in [-0.39, 0.29) is 5.75 Å². The van der Waals surface area contributed by atoms with Crippen LogP contribution in [-0.4, -0.2) is 28.1 Å². The number of aliphatic carboxylic acids is 1. The van der Waals surface area contributed by atoms with Crippen molar-refractivity contribution in [1.29, 1.82) is 0 Å². The number of carbonyl (C=O) groups is 1. The molecule has 90 valence electrons. The molecule has 0 amide bonds. The molecule has 1 rings (SSSR count).